The average molecular weight is 282 g/mol. The van der Waals surface area contributed by atoms with Crippen LogP contribution in [0.3, 0.4) is 0 Å². The first-order valence-electron chi connectivity index (χ1n) is 5.27. The van der Waals surface area contributed by atoms with Crippen LogP contribution in [0.1, 0.15) is 6.92 Å². The van der Waals surface area contributed by atoms with Gasteiger partial charge < -0.3 is 5.32 Å². The van der Waals surface area contributed by atoms with E-state index in [4.69, 9.17) is 0 Å². The van der Waals surface area contributed by atoms with Crippen molar-refractivity contribution >= 4 is 23.3 Å². The van der Waals surface area contributed by atoms with E-state index in [2.05, 4.69) is 30.8 Å². The van der Waals surface area contributed by atoms with E-state index in [1.807, 2.05) is 6.92 Å². The first-order valence-corrected chi connectivity index (χ1v) is 6.08. The van der Waals surface area contributed by atoms with E-state index in [0.29, 0.717) is 11.7 Å². The molecule has 2 heterocycles. The summed E-state index contributed by atoms with van der Waals surface area (Å²) in [5, 5.41) is 25.4. The second kappa shape index (κ2) is 5.56. The van der Waals surface area contributed by atoms with Crippen LogP contribution in [0.15, 0.2) is 16.5 Å². The zero-order chi connectivity index (χ0) is 13.8. The Morgan fingerprint density at radius 2 is 2.32 bits per heavy atom. The third-order valence-corrected chi connectivity index (χ3v) is 3.11. The molecule has 2 aromatic rings. The van der Waals surface area contributed by atoms with E-state index >= 15 is 0 Å². The second-order valence-corrected chi connectivity index (χ2v) is 4.31. The fourth-order valence-corrected chi connectivity index (χ4v) is 2.08. The topological polar surface area (TPSA) is 125 Å². The number of aryl methyl sites for hydroxylation is 1. The van der Waals surface area contributed by atoms with Gasteiger partial charge in [0.1, 0.15) is 6.33 Å². The summed E-state index contributed by atoms with van der Waals surface area (Å²) >= 11 is 1.01. The third kappa shape index (κ3) is 2.76. The predicted octanol–water partition coefficient (Wildman–Crippen LogP) is 0.491. The molecule has 1 N–H and O–H groups in total. The summed E-state index contributed by atoms with van der Waals surface area (Å²) in [7, 11) is 1.64. The maximum absolute atomic E-state index is 11.1. The molecule has 0 aliphatic heterocycles. The van der Waals surface area contributed by atoms with Crippen LogP contribution in [-0.4, -0.2) is 41.6 Å². The Morgan fingerprint density at radius 1 is 1.53 bits per heavy atom. The number of anilines is 1. The lowest BCUT2D eigenvalue weighted by Gasteiger charge is -2.05. The molecule has 0 saturated carbocycles. The summed E-state index contributed by atoms with van der Waals surface area (Å²) in [6, 6.07) is 0. The molecule has 0 fully saturated rings. The number of nitro groups is 1. The fourth-order valence-electron chi connectivity index (χ4n) is 1.29. The Labute approximate surface area is 111 Å². The molecule has 0 bridgehead atoms. The molecule has 100 valence electrons. The second-order valence-electron chi connectivity index (χ2n) is 3.35. The smallest absolute Gasteiger partial charge is 0.343 e. The number of hydrogen-bond acceptors (Lipinski definition) is 9. The largest absolute Gasteiger partial charge is 0.364 e. The molecule has 0 aromatic carbocycles. The third-order valence-electron chi connectivity index (χ3n) is 2.08. The van der Waals surface area contributed by atoms with Crippen LogP contribution in [0.2, 0.25) is 0 Å². The minimum Gasteiger partial charge on any atom is -0.364 e. The van der Waals surface area contributed by atoms with Crippen molar-refractivity contribution in [2.24, 2.45) is 7.05 Å². The highest BCUT2D eigenvalue weighted by atomic mass is 32.2. The zero-order valence-electron chi connectivity index (χ0n) is 10.1. The molecule has 0 aliphatic rings. The fraction of sp³-hybridized carbons (Fsp3) is 0.375. The van der Waals surface area contributed by atoms with Crippen LogP contribution >= 0.6 is 11.8 Å². The standard InChI is InChI=1S/C8H10N8O2S/c1-3-9-6-5(16(17)18)7(11-4-10-6)19-8-12-13-14-15(8)2/h4H,3H2,1-2H3,(H,9,10,11). The number of hydrogen-bond donors (Lipinski definition) is 1. The highest BCUT2D eigenvalue weighted by Crippen LogP contribution is 2.34. The lowest BCUT2D eigenvalue weighted by atomic mass is 10.5. The van der Waals surface area contributed by atoms with Crippen LogP contribution in [0.4, 0.5) is 11.5 Å². The quantitative estimate of drug-likeness (QED) is 0.473. The Balaban J connectivity index is 2.42. The van der Waals surface area contributed by atoms with Crippen molar-refractivity contribution in [1.82, 2.24) is 30.2 Å². The minimum absolute atomic E-state index is 0.181. The molecule has 0 atom stereocenters. The Morgan fingerprint density at radius 3 is 2.89 bits per heavy atom. The molecule has 2 rings (SSSR count). The molecule has 2 aromatic heterocycles. The van der Waals surface area contributed by atoms with Gasteiger partial charge in [0.05, 0.1) is 4.92 Å². The number of rotatable bonds is 5. The summed E-state index contributed by atoms with van der Waals surface area (Å²) in [6.45, 7) is 2.35. The maximum Gasteiger partial charge on any atom is 0.343 e. The highest BCUT2D eigenvalue weighted by molar-refractivity contribution is 7.99. The van der Waals surface area contributed by atoms with Gasteiger partial charge in [-0.05, 0) is 29.1 Å². The van der Waals surface area contributed by atoms with Crippen molar-refractivity contribution in [3.63, 3.8) is 0 Å². The Kier molecular flexibility index (Phi) is 3.85. The van der Waals surface area contributed by atoms with E-state index in [9.17, 15) is 10.1 Å². The van der Waals surface area contributed by atoms with Gasteiger partial charge in [0.2, 0.25) is 11.0 Å². The van der Waals surface area contributed by atoms with Crippen LogP contribution in [0.25, 0.3) is 0 Å². The lowest BCUT2D eigenvalue weighted by molar-refractivity contribution is -0.387. The van der Waals surface area contributed by atoms with Gasteiger partial charge >= 0.3 is 5.69 Å². The summed E-state index contributed by atoms with van der Waals surface area (Å²) in [6.07, 6.45) is 1.26. The van der Waals surface area contributed by atoms with Crippen molar-refractivity contribution in [2.75, 3.05) is 11.9 Å². The van der Waals surface area contributed by atoms with Gasteiger partial charge in [0, 0.05) is 13.6 Å². The molecule has 0 amide bonds. The van der Waals surface area contributed by atoms with E-state index in [-0.39, 0.29) is 16.5 Å². The summed E-state index contributed by atoms with van der Waals surface area (Å²) < 4.78 is 1.41. The van der Waals surface area contributed by atoms with Crippen molar-refractivity contribution < 1.29 is 4.92 Å². The van der Waals surface area contributed by atoms with Crippen molar-refractivity contribution in [1.29, 1.82) is 0 Å². The van der Waals surface area contributed by atoms with E-state index in [1.165, 1.54) is 11.0 Å². The molecule has 0 saturated heterocycles. The van der Waals surface area contributed by atoms with Gasteiger partial charge in [-0.25, -0.2) is 14.6 Å². The molecule has 0 radical (unpaired) electrons. The SMILES string of the molecule is CCNc1ncnc(Sc2nnnn2C)c1[N+](=O)[O-]. The van der Waals surface area contributed by atoms with Gasteiger partial charge in [-0.15, -0.1) is 5.10 Å². The molecule has 19 heavy (non-hydrogen) atoms. The summed E-state index contributed by atoms with van der Waals surface area (Å²) in [4.78, 5) is 18.4. The highest BCUT2D eigenvalue weighted by Gasteiger charge is 2.24. The molecule has 10 nitrogen and oxygen atoms in total. The van der Waals surface area contributed by atoms with Gasteiger partial charge in [-0.2, -0.15) is 0 Å². The molecular formula is C8H10N8O2S. The van der Waals surface area contributed by atoms with Crippen LogP contribution in [0.5, 0.6) is 0 Å². The first-order chi connectivity index (χ1) is 9.13. The average Bonchev–Trinajstić information content (AvgIpc) is 2.75. The number of aromatic nitrogens is 6. The van der Waals surface area contributed by atoms with Crippen LogP contribution in [-0.2, 0) is 7.05 Å². The summed E-state index contributed by atoms with van der Waals surface area (Å²) in [5.41, 5.74) is -0.183. The van der Waals surface area contributed by atoms with E-state index < -0.39 is 4.92 Å². The van der Waals surface area contributed by atoms with Gasteiger partial charge in [0.15, 0.2) is 5.03 Å². The number of tetrazole rings is 1. The van der Waals surface area contributed by atoms with Gasteiger partial charge in [-0.1, -0.05) is 0 Å². The maximum atomic E-state index is 11.1. The van der Waals surface area contributed by atoms with E-state index in [0.717, 1.165) is 11.8 Å². The van der Waals surface area contributed by atoms with Crippen molar-refractivity contribution in [2.45, 2.75) is 17.1 Å². The van der Waals surface area contributed by atoms with Crippen LogP contribution in [0, 0.1) is 10.1 Å². The van der Waals surface area contributed by atoms with Gasteiger partial charge in [-0.3, -0.25) is 10.1 Å². The number of nitrogens with one attached hydrogen (secondary N) is 1. The van der Waals surface area contributed by atoms with Crippen molar-refractivity contribution in [3.8, 4) is 0 Å². The zero-order valence-corrected chi connectivity index (χ0v) is 11.0. The number of nitrogens with zero attached hydrogens (tertiary/aromatic N) is 7. The summed E-state index contributed by atoms with van der Waals surface area (Å²) in [5.74, 6) is 0.181. The Hall–Kier alpha value is -2.30. The van der Waals surface area contributed by atoms with E-state index in [1.54, 1.807) is 7.05 Å². The van der Waals surface area contributed by atoms with Gasteiger partial charge in [0.25, 0.3) is 0 Å². The first kappa shape index (κ1) is 13.1. The van der Waals surface area contributed by atoms with Crippen LogP contribution < -0.4 is 5.32 Å². The molecule has 11 heteroatoms. The monoisotopic (exact) mass is 282 g/mol. The Bertz CT molecular complexity index is 600. The molecule has 0 unspecified atom stereocenters. The predicted molar refractivity (Wildman–Crippen MR) is 65.8 cm³/mol. The normalized spacial score (nSPS) is 10.4. The van der Waals surface area contributed by atoms with Crippen molar-refractivity contribution in [3.05, 3.63) is 16.4 Å². The molecule has 0 aliphatic carbocycles. The molecule has 0 spiro atoms. The molecular weight excluding hydrogens is 272 g/mol. The lowest BCUT2D eigenvalue weighted by Crippen LogP contribution is -2.06. The minimum atomic E-state index is -0.524.